The molecule has 0 aliphatic rings. The number of rotatable bonds is 11. The first-order chi connectivity index (χ1) is 16.9. The minimum absolute atomic E-state index is 0.210. The molecule has 8 heteroatoms. The Kier molecular flexibility index (Phi) is 9.99. The number of halogens is 2. The Balaban J connectivity index is 1.91. The highest BCUT2D eigenvalue weighted by Gasteiger charge is 2.30. The molecule has 0 bridgehead atoms. The molecule has 0 radical (unpaired) electrons. The van der Waals surface area contributed by atoms with Crippen LogP contribution in [0.2, 0.25) is 5.02 Å². The predicted molar refractivity (Wildman–Crippen MR) is 141 cm³/mol. The van der Waals surface area contributed by atoms with Gasteiger partial charge in [0.05, 0.1) is 12.1 Å². The van der Waals surface area contributed by atoms with Crippen molar-refractivity contribution in [2.24, 2.45) is 0 Å². The summed E-state index contributed by atoms with van der Waals surface area (Å²) >= 11 is 9.62. The maximum Gasteiger partial charge on any atom is 0.261 e. The molecule has 2 amide bonds. The van der Waals surface area contributed by atoms with E-state index in [1.54, 1.807) is 30.2 Å². The summed E-state index contributed by atoms with van der Waals surface area (Å²) in [6.07, 6.45) is 0.363. The number of amides is 2. The highest BCUT2D eigenvalue weighted by molar-refractivity contribution is 9.10. The van der Waals surface area contributed by atoms with Crippen molar-refractivity contribution in [2.45, 2.75) is 25.9 Å². The molecule has 1 N–H and O–H groups in total. The molecule has 6 nitrogen and oxygen atoms in total. The fraction of sp³-hybridized carbons (Fsp3) is 0.259. The van der Waals surface area contributed by atoms with Crippen LogP contribution in [-0.4, -0.2) is 43.0 Å². The van der Waals surface area contributed by atoms with Gasteiger partial charge in [0, 0.05) is 24.0 Å². The Morgan fingerprint density at radius 3 is 2.46 bits per heavy atom. The van der Waals surface area contributed by atoms with Crippen LogP contribution in [0.15, 0.2) is 77.3 Å². The van der Waals surface area contributed by atoms with E-state index in [1.807, 2.05) is 61.5 Å². The van der Waals surface area contributed by atoms with Crippen LogP contribution in [0.1, 0.15) is 18.1 Å². The Hall–Kier alpha value is -3.03. The number of carbonyl (C=O) groups is 2. The van der Waals surface area contributed by atoms with E-state index in [9.17, 15) is 9.59 Å². The average molecular weight is 560 g/mol. The quantitative estimate of drug-likeness (QED) is 0.348. The Morgan fingerprint density at radius 2 is 1.77 bits per heavy atom. The van der Waals surface area contributed by atoms with Gasteiger partial charge in [-0.15, -0.1) is 0 Å². The second kappa shape index (κ2) is 13.2. The average Bonchev–Trinajstić information content (AvgIpc) is 2.86. The van der Waals surface area contributed by atoms with Gasteiger partial charge in [-0.3, -0.25) is 9.59 Å². The third kappa shape index (κ3) is 7.73. The number of hydrogen-bond acceptors (Lipinski definition) is 4. The van der Waals surface area contributed by atoms with Crippen molar-refractivity contribution in [3.05, 3.63) is 93.4 Å². The standard InChI is InChI=1S/C27H28BrClN2O4/c1-3-30-27(33)24(15-19-8-5-4-6-9-19)31(17-20-10-7-11-22(14-20)34-2)26(32)18-35-25-13-12-21(28)16-23(25)29/h4-14,16,24H,3,15,17-18H2,1-2H3,(H,30,33)/t24-/m1/s1. The Bertz CT molecular complexity index is 1140. The van der Waals surface area contributed by atoms with Crippen LogP contribution in [0, 0.1) is 0 Å². The zero-order valence-electron chi connectivity index (χ0n) is 19.7. The van der Waals surface area contributed by atoms with Gasteiger partial charge in [-0.1, -0.05) is 70.0 Å². The number of carbonyl (C=O) groups excluding carboxylic acids is 2. The molecule has 1 atom stereocenters. The highest BCUT2D eigenvalue weighted by Crippen LogP contribution is 2.28. The first kappa shape index (κ1) is 26.6. The first-order valence-electron chi connectivity index (χ1n) is 11.2. The largest absolute Gasteiger partial charge is 0.497 e. The van der Waals surface area contributed by atoms with Crippen LogP contribution >= 0.6 is 27.5 Å². The van der Waals surface area contributed by atoms with Crippen molar-refractivity contribution in [2.75, 3.05) is 20.3 Å². The lowest BCUT2D eigenvalue weighted by atomic mass is 10.0. The number of ether oxygens (including phenoxy) is 2. The fourth-order valence-corrected chi connectivity index (χ4v) is 4.36. The van der Waals surface area contributed by atoms with Crippen LogP contribution in [0.4, 0.5) is 0 Å². The van der Waals surface area contributed by atoms with E-state index >= 15 is 0 Å². The van der Waals surface area contributed by atoms with E-state index in [-0.39, 0.29) is 25.0 Å². The van der Waals surface area contributed by atoms with Crippen LogP contribution in [0.25, 0.3) is 0 Å². The maximum absolute atomic E-state index is 13.5. The van der Waals surface area contributed by atoms with Gasteiger partial charge in [0.25, 0.3) is 5.91 Å². The minimum Gasteiger partial charge on any atom is -0.497 e. The number of hydrogen-bond donors (Lipinski definition) is 1. The van der Waals surface area contributed by atoms with E-state index < -0.39 is 6.04 Å². The molecule has 0 aliphatic heterocycles. The summed E-state index contributed by atoms with van der Waals surface area (Å²) < 4.78 is 11.9. The molecular formula is C27H28BrClN2O4. The van der Waals surface area contributed by atoms with Crippen LogP contribution in [-0.2, 0) is 22.6 Å². The second-order valence-corrected chi connectivity index (χ2v) is 9.16. The third-order valence-corrected chi connectivity index (χ3v) is 6.14. The van der Waals surface area contributed by atoms with E-state index in [2.05, 4.69) is 21.2 Å². The summed E-state index contributed by atoms with van der Waals surface area (Å²) in [7, 11) is 1.59. The van der Waals surface area contributed by atoms with Crippen LogP contribution in [0.5, 0.6) is 11.5 Å². The molecule has 0 aromatic heterocycles. The van der Waals surface area contributed by atoms with Gasteiger partial charge in [0.15, 0.2) is 6.61 Å². The third-order valence-electron chi connectivity index (χ3n) is 5.35. The molecule has 0 saturated carbocycles. The summed E-state index contributed by atoms with van der Waals surface area (Å²) in [5.41, 5.74) is 1.78. The van der Waals surface area contributed by atoms with Gasteiger partial charge in [-0.05, 0) is 48.4 Å². The number of methoxy groups -OCH3 is 1. The van der Waals surface area contributed by atoms with Gasteiger partial charge in [-0.25, -0.2) is 0 Å². The van der Waals surface area contributed by atoms with Crippen molar-refractivity contribution in [1.29, 1.82) is 0 Å². The molecule has 3 aromatic carbocycles. The van der Waals surface area contributed by atoms with E-state index in [0.29, 0.717) is 29.5 Å². The molecule has 0 saturated heterocycles. The smallest absolute Gasteiger partial charge is 0.261 e. The van der Waals surface area contributed by atoms with Crippen molar-refractivity contribution < 1.29 is 19.1 Å². The zero-order valence-corrected chi connectivity index (χ0v) is 22.0. The van der Waals surface area contributed by atoms with Crippen molar-refractivity contribution in [3.8, 4) is 11.5 Å². The minimum atomic E-state index is -0.736. The predicted octanol–water partition coefficient (Wildman–Crippen LogP) is 5.27. The summed E-state index contributed by atoms with van der Waals surface area (Å²) in [5.74, 6) is 0.501. The van der Waals surface area contributed by atoms with Gasteiger partial charge >= 0.3 is 0 Å². The normalized spacial score (nSPS) is 11.4. The van der Waals surface area contributed by atoms with E-state index in [4.69, 9.17) is 21.1 Å². The van der Waals surface area contributed by atoms with Crippen molar-refractivity contribution in [1.82, 2.24) is 10.2 Å². The van der Waals surface area contributed by atoms with Crippen LogP contribution in [0.3, 0.4) is 0 Å². The maximum atomic E-state index is 13.5. The lowest BCUT2D eigenvalue weighted by molar-refractivity contribution is -0.142. The molecule has 0 heterocycles. The monoisotopic (exact) mass is 558 g/mol. The topological polar surface area (TPSA) is 67.9 Å². The summed E-state index contributed by atoms with van der Waals surface area (Å²) in [6, 6.07) is 21.5. The Labute approximate surface area is 219 Å². The van der Waals surface area contributed by atoms with Crippen molar-refractivity contribution in [3.63, 3.8) is 0 Å². The second-order valence-electron chi connectivity index (χ2n) is 7.84. The van der Waals surface area contributed by atoms with Gasteiger partial charge in [-0.2, -0.15) is 0 Å². The van der Waals surface area contributed by atoms with Gasteiger partial charge in [0.2, 0.25) is 5.91 Å². The molecule has 35 heavy (non-hydrogen) atoms. The first-order valence-corrected chi connectivity index (χ1v) is 12.4. The molecule has 0 fully saturated rings. The summed E-state index contributed by atoms with van der Waals surface area (Å²) in [5, 5.41) is 3.26. The molecule has 184 valence electrons. The summed E-state index contributed by atoms with van der Waals surface area (Å²) in [4.78, 5) is 28.3. The lowest BCUT2D eigenvalue weighted by Crippen LogP contribution is -2.51. The number of nitrogens with zero attached hydrogens (tertiary/aromatic N) is 1. The fourth-order valence-electron chi connectivity index (χ4n) is 3.63. The van der Waals surface area contributed by atoms with E-state index in [1.165, 1.54) is 0 Å². The molecule has 0 unspecified atom stereocenters. The van der Waals surface area contributed by atoms with Crippen LogP contribution < -0.4 is 14.8 Å². The molecule has 0 aliphatic carbocycles. The molecule has 0 spiro atoms. The molecular weight excluding hydrogens is 532 g/mol. The molecule has 3 aromatic rings. The zero-order chi connectivity index (χ0) is 25.2. The molecule has 3 rings (SSSR count). The van der Waals surface area contributed by atoms with Crippen molar-refractivity contribution >= 4 is 39.3 Å². The number of benzene rings is 3. The lowest BCUT2D eigenvalue weighted by Gasteiger charge is -2.31. The Morgan fingerprint density at radius 1 is 1.03 bits per heavy atom. The number of likely N-dealkylation sites (N-methyl/N-ethyl adjacent to an activating group) is 1. The SMILES string of the molecule is CCNC(=O)[C@@H](Cc1ccccc1)N(Cc1cccc(OC)c1)C(=O)COc1ccc(Br)cc1Cl. The van der Waals surface area contributed by atoms with E-state index in [0.717, 1.165) is 15.6 Å². The van der Waals surface area contributed by atoms with Gasteiger partial charge < -0.3 is 19.7 Å². The summed E-state index contributed by atoms with van der Waals surface area (Å²) in [6.45, 7) is 2.25. The highest BCUT2D eigenvalue weighted by atomic mass is 79.9. The number of nitrogens with one attached hydrogen (secondary N) is 1. The van der Waals surface area contributed by atoms with Gasteiger partial charge in [0.1, 0.15) is 17.5 Å².